The molecule has 2 fully saturated rings. The van der Waals surface area contributed by atoms with Crippen LogP contribution in [-0.4, -0.2) is 30.2 Å². The van der Waals surface area contributed by atoms with E-state index in [2.05, 4.69) is 18.7 Å². The average molecular weight is 199 g/mol. The van der Waals surface area contributed by atoms with Gasteiger partial charge in [0.1, 0.15) is 6.17 Å². The molecule has 2 heteroatoms. The molecule has 0 aromatic rings. The third kappa shape index (κ3) is 1.95. The lowest BCUT2D eigenvalue weighted by Gasteiger charge is -2.41. The molecule has 0 radical (unpaired) electrons. The van der Waals surface area contributed by atoms with Crippen LogP contribution in [0.5, 0.6) is 0 Å². The molecular weight excluding hydrogens is 177 g/mol. The highest BCUT2D eigenvalue weighted by molar-refractivity contribution is 4.93. The topological polar surface area (TPSA) is 3.24 Å². The van der Waals surface area contributed by atoms with Gasteiger partial charge in [0, 0.05) is 6.04 Å². The molecule has 0 bridgehead atoms. The average Bonchev–Trinajstić information content (AvgIpc) is 2.48. The summed E-state index contributed by atoms with van der Waals surface area (Å²) in [5.41, 5.74) is 0.394. The maximum absolute atomic E-state index is 13.2. The van der Waals surface area contributed by atoms with Gasteiger partial charge in [-0.1, -0.05) is 0 Å². The fourth-order valence-corrected chi connectivity index (χ4v) is 3.11. The van der Waals surface area contributed by atoms with Gasteiger partial charge in [0.05, 0.1) is 0 Å². The molecule has 1 aliphatic heterocycles. The number of nitrogens with zero attached hydrogens (tertiary/aromatic N) is 1. The molecule has 0 N–H and O–H groups in total. The first-order valence-electron chi connectivity index (χ1n) is 5.99. The Morgan fingerprint density at radius 2 is 1.86 bits per heavy atom. The van der Waals surface area contributed by atoms with E-state index < -0.39 is 6.17 Å². The van der Waals surface area contributed by atoms with Crippen LogP contribution < -0.4 is 0 Å². The van der Waals surface area contributed by atoms with Gasteiger partial charge in [-0.3, -0.25) is 0 Å². The highest BCUT2D eigenvalue weighted by Crippen LogP contribution is 2.47. The summed E-state index contributed by atoms with van der Waals surface area (Å²) in [6.45, 7) is 6.88. The van der Waals surface area contributed by atoms with Crippen LogP contribution in [0, 0.1) is 5.41 Å². The van der Waals surface area contributed by atoms with Crippen molar-refractivity contribution in [3.8, 4) is 0 Å². The van der Waals surface area contributed by atoms with Gasteiger partial charge < -0.3 is 4.90 Å². The van der Waals surface area contributed by atoms with Crippen molar-refractivity contribution < 1.29 is 4.39 Å². The summed E-state index contributed by atoms with van der Waals surface area (Å²) in [5.74, 6) is 0. The second kappa shape index (κ2) is 3.80. The molecular formula is C12H22FN. The van der Waals surface area contributed by atoms with E-state index in [0.717, 1.165) is 19.3 Å². The number of halogens is 1. The van der Waals surface area contributed by atoms with E-state index in [1.54, 1.807) is 0 Å². The van der Waals surface area contributed by atoms with Crippen LogP contribution >= 0.6 is 0 Å². The first-order chi connectivity index (χ1) is 6.61. The molecule has 1 saturated carbocycles. The van der Waals surface area contributed by atoms with E-state index in [4.69, 9.17) is 0 Å². The quantitative estimate of drug-likeness (QED) is 0.627. The Morgan fingerprint density at radius 3 is 2.29 bits per heavy atom. The maximum Gasteiger partial charge on any atom is 0.101 e. The van der Waals surface area contributed by atoms with E-state index in [1.807, 2.05) is 0 Å². The zero-order valence-corrected chi connectivity index (χ0v) is 9.43. The van der Waals surface area contributed by atoms with Gasteiger partial charge in [0.2, 0.25) is 0 Å². The van der Waals surface area contributed by atoms with Crippen LogP contribution in [0.15, 0.2) is 0 Å². The third-order valence-electron chi connectivity index (χ3n) is 4.23. The number of rotatable bonds is 1. The first-order valence-corrected chi connectivity index (χ1v) is 5.99. The molecule has 1 atom stereocenters. The van der Waals surface area contributed by atoms with Crippen molar-refractivity contribution in [2.45, 2.75) is 58.2 Å². The van der Waals surface area contributed by atoms with Gasteiger partial charge in [-0.25, -0.2) is 4.39 Å². The standard InChI is InChI=1S/C12H22FN/c1-10(2)14-7-5-12(6-8-14)4-3-11(13)9-12/h10-11H,3-9H2,1-2H3. The zero-order chi connectivity index (χ0) is 10.2. The van der Waals surface area contributed by atoms with Crippen molar-refractivity contribution in [1.82, 2.24) is 4.90 Å². The van der Waals surface area contributed by atoms with Crippen molar-refractivity contribution >= 4 is 0 Å². The van der Waals surface area contributed by atoms with E-state index in [0.29, 0.717) is 11.5 Å². The Kier molecular flexibility index (Phi) is 2.83. The first kappa shape index (κ1) is 10.4. The molecule has 2 rings (SSSR count). The van der Waals surface area contributed by atoms with Gasteiger partial charge in [-0.15, -0.1) is 0 Å². The zero-order valence-electron chi connectivity index (χ0n) is 9.43. The molecule has 0 aromatic heterocycles. The van der Waals surface area contributed by atoms with E-state index in [1.165, 1.54) is 25.9 Å². The summed E-state index contributed by atoms with van der Waals surface area (Å²) in [5, 5.41) is 0. The number of alkyl halides is 1. The van der Waals surface area contributed by atoms with Gasteiger partial charge in [-0.2, -0.15) is 0 Å². The second-order valence-corrected chi connectivity index (χ2v) is 5.47. The van der Waals surface area contributed by atoms with Crippen molar-refractivity contribution in [1.29, 1.82) is 0 Å². The van der Waals surface area contributed by atoms with Crippen LogP contribution in [-0.2, 0) is 0 Å². The SMILES string of the molecule is CC(C)N1CCC2(CCC(F)C2)CC1. The lowest BCUT2D eigenvalue weighted by molar-refractivity contribution is 0.0819. The monoisotopic (exact) mass is 199 g/mol. The maximum atomic E-state index is 13.2. The number of hydrogen-bond donors (Lipinski definition) is 0. The Hall–Kier alpha value is -0.110. The minimum Gasteiger partial charge on any atom is -0.301 e. The molecule has 1 nitrogen and oxygen atoms in total. The lowest BCUT2D eigenvalue weighted by atomic mass is 9.77. The molecule has 82 valence electrons. The second-order valence-electron chi connectivity index (χ2n) is 5.47. The number of likely N-dealkylation sites (tertiary alicyclic amines) is 1. The van der Waals surface area contributed by atoms with Gasteiger partial charge >= 0.3 is 0 Å². The number of piperidine rings is 1. The van der Waals surface area contributed by atoms with E-state index in [9.17, 15) is 4.39 Å². The van der Waals surface area contributed by atoms with Crippen molar-refractivity contribution in [3.63, 3.8) is 0 Å². The summed E-state index contributed by atoms with van der Waals surface area (Å²) in [6.07, 6.45) is 4.76. The van der Waals surface area contributed by atoms with Crippen LogP contribution in [0.25, 0.3) is 0 Å². The molecule has 2 aliphatic rings. The smallest absolute Gasteiger partial charge is 0.101 e. The minimum absolute atomic E-state index is 0.394. The highest BCUT2D eigenvalue weighted by Gasteiger charge is 2.41. The summed E-state index contributed by atoms with van der Waals surface area (Å²) in [7, 11) is 0. The molecule has 1 saturated heterocycles. The van der Waals surface area contributed by atoms with E-state index in [-0.39, 0.29) is 0 Å². The predicted molar refractivity (Wildman–Crippen MR) is 57.1 cm³/mol. The molecule has 14 heavy (non-hydrogen) atoms. The number of hydrogen-bond acceptors (Lipinski definition) is 1. The summed E-state index contributed by atoms with van der Waals surface area (Å²) < 4.78 is 13.2. The fraction of sp³-hybridized carbons (Fsp3) is 1.00. The minimum atomic E-state index is -0.499. The van der Waals surface area contributed by atoms with Gasteiger partial charge in [-0.05, 0) is 64.5 Å². The van der Waals surface area contributed by atoms with Crippen molar-refractivity contribution in [2.75, 3.05) is 13.1 Å². The molecule has 1 spiro atoms. The van der Waals surface area contributed by atoms with Crippen LogP contribution in [0.2, 0.25) is 0 Å². The Labute approximate surface area is 86.7 Å². The Bertz CT molecular complexity index is 194. The van der Waals surface area contributed by atoms with Gasteiger partial charge in [0.25, 0.3) is 0 Å². The van der Waals surface area contributed by atoms with Crippen LogP contribution in [0.3, 0.4) is 0 Å². The van der Waals surface area contributed by atoms with Crippen LogP contribution in [0.1, 0.15) is 46.0 Å². The summed E-state index contributed by atoms with van der Waals surface area (Å²) in [6, 6.07) is 0.662. The molecule has 1 heterocycles. The van der Waals surface area contributed by atoms with Crippen LogP contribution in [0.4, 0.5) is 4.39 Å². The normalized spacial score (nSPS) is 33.0. The summed E-state index contributed by atoms with van der Waals surface area (Å²) in [4.78, 5) is 2.52. The third-order valence-corrected chi connectivity index (χ3v) is 4.23. The molecule has 0 amide bonds. The predicted octanol–water partition coefficient (Wildman–Crippen LogP) is 3.00. The lowest BCUT2D eigenvalue weighted by Crippen LogP contribution is -2.42. The summed E-state index contributed by atoms with van der Waals surface area (Å²) >= 11 is 0. The van der Waals surface area contributed by atoms with Crippen molar-refractivity contribution in [3.05, 3.63) is 0 Å². The largest absolute Gasteiger partial charge is 0.301 e. The fourth-order valence-electron chi connectivity index (χ4n) is 3.11. The Morgan fingerprint density at radius 1 is 1.21 bits per heavy atom. The van der Waals surface area contributed by atoms with Crippen molar-refractivity contribution in [2.24, 2.45) is 5.41 Å². The van der Waals surface area contributed by atoms with E-state index >= 15 is 0 Å². The Balaban J connectivity index is 1.89. The molecule has 1 unspecified atom stereocenters. The molecule has 0 aromatic carbocycles. The van der Waals surface area contributed by atoms with Gasteiger partial charge in [0.15, 0.2) is 0 Å². The highest BCUT2D eigenvalue weighted by atomic mass is 19.1. The molecule has 1 aliphatic carbocycles.